The minimum absolute atomic E-state index is 0.0499. The predicted molar refractivity (Wildman–Crippen MR) is 90.3 cm³/mol. The Hall–Kier alpha value is -0.0800. The largest absolute Gasteiger partial charge is 0.374 e. The molecule has 0 aliphatic heterocycles. The van der Waals surface area contributed by atoms with Crippen LogP contribution in [0.4, 0.5) is 0 Å². The summed E-state index contributed by atoms with van der Waals surface area (Å²) in [6, 6.07) is 0.221. The molecule has 21 heavy (non-hydrogen) atoms. The van der Waals surface area contributed by atoms with Crippen molar-refractivity contribution in [3.05, 3.63) is 0 Å². The van der Waals surface area contributed by atoms with Gasteiger partial charge in [-0.1, -0.05) is 27.7 Å². The highest BCUT2D eigenvalue weighted by atomic mass is 16.5. The lowest BCUT2D eigenvalue weighted by Gasteiger charge is -2.50. The number of ether oxygens (including phenoxy) is 1. The fourth-order valence-corrected chi connectivity index (χ4v) is 4.94. The zero-order valence-corrected chi connectivity index (χ0v) is 15.0. The summed E-state index contributed by atoms with van der Waals surface area (Å²) >= 11 is 0. The lowest BCUT2D eigenvalue weighted by atomic mass is 9.63. The van der Waals surface area contributed by atoms with Crippen LogP contribution in [-0.4, -0.2) is 18.2 Å². The van der Waals surface area contributed by atoms with E-state index in [4.69, 9.17) is 10.5 Å². The molecule has 0 aromatic heterocycles. The Morgan fingerprint density at radius 2 is 1.52 bits per heavy atom. The average Bonchev–Trinajstić information content (AvgIpc) is 2.40. The molecule has 0 heterocycles. The molecule has 3 atom stereocenters. The molecule has 2 aliphatic carbocycles. The summed E-state index contributed by atoms with van der Waals surface area (Å²) in [6.07, 6.45) is 8.75. The molecule has 2 rings (SSSR count). The molecule has 2 aliphatic rings. The fraction of sp³-hybridized carbons (Fsp3) is 1.00. The monoisotopic (exact) mass is 295 g/mol. The van der Waals surface area contributed by atoms with Gasteiger partial charge in [-0.05, 0) is 75.0 Å². The number of hydrogen-bond acceptors (Lipinski definition) is 2. The standard InChI is InChI=1S/C19H37NO/c1-6-21-19(9-7-18(4,5)8-10-19)17(20)16-12-14(2)11-15(3)13-16/h14-17H,6-13,20H2,1-5H3. The number of hydrogen-bond donors (Lipinski definition) is 1. The SMILES string of the molecule is CCOC1(C(N)C2CC(C)CC(C)C2)CCC(C)(C)CC1. The zero-order chi connectivity index (χ0) is 15.7. The highest BCUT2D eigenvalue weighted by Gasteiger charge is 2.46. The van der Waals surface area contributed by atoms with E-state index >= 15 is 0 Å². The molecule has 0 aromatic rings. The number of rotatable bonds is 4. The molecular formula is C19H37NO. The third kappa shape index (κ3) is 4.01. The van der Waals surface area contributed by atoms with Gasteiger partial charge in [-0.25, -0.2) is 0 Å². The maximum Gasteiger partial charge on any atom is 0.0835 e. The summed E-state index contributed by atoms with van der Waals surface area (Å²) in [7, 11) is 0. The van der Waals surface area contributed by atoms with E-state index in [0.717, 1.165) is 31.3 Å². The van der Waals surface area contributed by atoms with Crippen LogP contribution in [0.15, 0.2) is 0 Å². The quantitative estimate of drug-likeness (QED) is 0.811. The van der Waals surface area contributed by atoms with Crippen LogP contribution in [-0.2, 0) is 4.74 Å². The maximum atomic E-state index is 6.83. The van der Waals surface area contributed by atoms with Crippen LogP contribution in [0.2, 0.25) is 0 Å². The first-order chi connectivity index (χ1) is 9.78. The third-order valence-electron chi connectivity index (χ3n) is 6.21. The molecule has 2 nitrogen and oxygen atoms in total. The molecule has 0 radical (unpaired) electrons. The molecular weight excluding hydrogens is 258 g/mol. The first-order valence-electron chi connectivity index (χ1n) is 9.17. The van der Waals surface area contributed by atoms with Crippen molar-refractivity contribution in [2.75, 3.05) is 6.61 Å². The Bertz CT molecular complexity index is 318. The van der Waals surface area contributed by atoms with Gasteiger partial charge in [0.15, 0.2) is 0 Å². The van der Waals surface area contributed by atoms with Crippen molar-refractivity contribution in [1.29, 1.82) is 0 Å². The van der Waals surface area contributed by atoms with E-state index < -0.39 is 0 Å². The van der Waals surface area contributed by atoms with Gasteiger partial charge in [0, 0.05) is 12.6 Å². The van der Waals surface area contributed by atoms with Crippen molar-refractivity contribution in [3.63, 3.8) is 0 Å². The van der Waals surface area contributed by atoms with Crippen LogP contribution >= 0.6 is 0 Å². The van der Waals surface area contributed by atoms with Crippen molar-refractivity contribution in [1.82, 2.24) is 0 Å². The van der Waals surface area contributed by atoms with Crippen LogP contribution in [0, 0.1) is 23.2 Å². The molecule has 2 heteroatoms. The molecule has 124 valence electrons. The Morgan fingerprint density at radius 1 is 1.00 bits per heavy atom. The zero-order valence-electron chi connectivity index (χ0n) is 15.0. The minimum Gasteiger partial charge on any atom is -0.374 e. The second kappa shape index (κ2) is 6.58. The molecule has 0 spiro atoms. The van der Waals surface area contributed by atoms with Crippen LogP contribution < -0.4 is 5.73 Å². The van der Waals surface area contributed by atoms with Crippen LogP contribution in [0.25, 0.3) is 0 Å². The summed E-state index contributed by atoms with van der Waals surface area (Å²) in [4.78, 5) is 0. The Labute approximate surface area is 132 Å². The molecule has 2 N–H and O–H groups in total. The van der Waals surface area contributed by atoms with Gasteiger partial charge >= 0.3 is 0 Å². The van der Waals surface area contributed by atoms with E-state index in [9.17, 15) is 0 Å². The third-order valence-corrected chi connectivity index (χ3v) is 6.21. The smallest absolute Gasteiger partial charge is 0.0835 e. The first-order valence-corrected chi connectivity index (χ1v) is 9.17. The number of nitrogens with two attached hydrogens (primary N) is 1. The van der Waals surface area contributed by atoms with Crippen LogP contribution in [0.1, 0.15) is 79.6 Å². The minimum atomic E-state index is -0.0499. The predicted octanol–water partition coefficient (Wildman–Crippen LogP) is 4.76. The van der Waals surface area contributed by atoms with Gasteiger partial charge in [0.05, 0.1) is 5.60 Å². The first kappa shape index (κ1) is 17.3. The topological polar surface area (TPSA) is 35.2 Å². The van der Waals surface area contributed by atoms with E-state index in [1.165, 1.54) is 32.1 Å². The van der Waals surface area contributed by atoms with Gasteiger partial charge in [-0.15, -0.1) is 0 Å². The van der Waals surface area contributed by atoms with Gasteiger partial charge in [0.2, 0.25) is 0 Å². The van der Waals surface area contributed by atoms with Crippen molar-refractivity contribution < 1.29 is 4.74 Å². The molecule has 0 bridgehead atoms. The molecule has 2 saturated carbocycles. The summed E-state index contributed by atoms with van der Waals surface area (Å²) in [5.41, 5.74) is 7.25. The lowest BCUT2D eigenvalue weighted by Crippen LogP contribution is -2.57. The van der Waals surface area contributed by atoms with Crippen molar-refractivity contribution in [2.24, 2.45) is 28.9 Å². The molecule has 0 saturated heterocycles. The van der Waals surface area contributed by atoms with E-state index in [2.05, 4.69) is 34.6 Å². The molecule has 3 unspecified atom stereocenters. The normalized spacial score (nSPS) is 37.1. The average molecular weight is 296 g/mol. The van der Waals surface area contributed by atoms with E-state index in [0.29, 0.717) is 11.3 Å². The molecule has 2 fully saturated rings. The van der Waals surface area contributed by atoms with Gasteiger partial charge in [0.1, 0.15) is 0 Å². The molecule has 0 aromatic carbocycles. The highest BCUT2D eigenvalue weighted by Crippen LogP contribution is 2.47. The second-order valence-corrected chi connectivity index (χ2v) is 8.87. The lowest BCUT2D eigenvalue weighted by molar-refractivity contribution is -0.114. The van der Waals surface area contributed by atoms with Crippen LogP contribution in [0.3, 0.4) is 0 Å². The van der Waals surface area contributed by atoms with Gasteiger partial charge in [-0.3, -0.25) is 0 Å². The highest BCUT2D eigenvalue weighted by molar-refractivity contribution is 5.01. The van der Waals surface area contributed by atoms with E-state index in [1.807, 2.05) is 0 Å². The summed E-state index contributed by atoms with van der Waals surface area (Å²) in [6.45, 7) is 12.5. The Kier molecular flexibility index (Phi) is 5.41. The fourth-order valence-electron chi connectivity index (χ4n) is 4.94. The van der Waals surface area contributed by atoms with E-state index in [1.54, 1.807) is 0 Å². The Balaban J connectivity index is 2.10. The van der Waals surface area contributed by atoms with Gasteiger partial charge in [0.25, 0.3) is 0 Å². The summed E-state index contributed by atoms with van der Waals surface area (Å²) < 4.78 is 6.32. The molecule has 0 amide bonds. The summed E-state index contributed by atoms with van der Waals surface area (Å²) in [5.74, 6) is 2.29. The van der Waals surface area contributed by atoms with Gasteiger partial charge in [-0.2, -0.15) is 0 Å². The Morgan fingerprint density at radius 3 is 2.00 bits per heavy atom. The van der Waals surface area contributed by atoms with Crippen LogP contribution in [0.5, 0.6) is 0 Å². The van der Waals surface area contributed by atoms with E-state index in [-0.39, 0.29) is 11.6 Å². The van der Waals surface area contributed by atoms with Gasteiger partial charge < -0.3 is 10.5 Å². The maximum absolute atomic E-state index is 6.83. The van der Waals surface area contributed by atoms with Crippen molar-refractivity contribution in [2.45, 2.75) is 91.2 Å². The second-order valence-electron chi connectivity index (χ2n) is 8.87. The summed E-state index contributed by atoms with van der Waals surface area (Å²) in [5, 5.41) is 0. The van der Waals surface area contributed by atoms with Crippen molar-refractivity contribution >= 4 is 0 Å². The van der Waals surface area contributed by atoms with Crippen molar-refractivity contribution in [3.8, 4) is 0 Å².